The van der Waals surface area contributed by atoms with E-state index >= 15 is 19.2 Å². The molecule has 1 aromatic carbocycles. The molecule has 12 atom stereocenters. The molecule has 32 heteroatoms. The third kappa shape index (κ3) is 22.4. The summed E-state index contributed by atoms with van der Waals surface area (Å²) >= 11 is 0. The van der Waals surface area contributed by atoms with Gasteiger partial charge in [0.05, 0.1) is 29.4 Å². The fourth-order valence-corrected chi connectivity index (χ4v) is 12.6. The number of nitrogens with one attached hydrogen (secondary N) is 6. The topological polar surface area (TPSA) is 354 Å². The lowest BCUT2D eigenvalue weighted by Crippen LogP contribution is -2.63. The van der Waals surface area contributed by atoms with Gasteiger partial charge in [0.15, 0.2) is 0 Å². The Balaban J connectivity index is 2.34. The van der Waals surface area contributed by atoms with Crippen molar-refractivity contribution in [3.8, 4) is 0 Å². The van der Waals surface area contributed by atoms with Crippen molar-refractivity contribution < 1.29 is 79.4 Å². The first-order chi connectivity index (χ1) is 45.5. The van der Waals surface area contributed by atoms with Crippen LogP contribution in [0.5, 0.6) is 0 Å². The maximum atomic E-state index is 15.5. The summed E-state index contributed by atoms with van der Waals surface area (Å²) in [5.41, 5.74) is -5.82. The number of aliphatic hydroxyl groups is 1. The third-order valence-corrected chi connectivity index (χ3v) is 19.1. The molecule has 2 heterocycles. The lowest BCUT2D eigenvalue weighted by atomic mass is 9.91. The highest BCUT2D eigenvalue weighted by atomic mass is 32.2. The van der Waals surface area contributed by atoms with Crippen molar-refractivity contribution in [3.63, 3.8) is 0 Å². The highest BCUT2D eigenvalue weighted by Gasteiger charge is 2.48. The minimum absolute atomic E-state index is 0.0481. The van der Waals surface area contributed by atoms with Crippen LogP contribution in [0.25, 0.3) is 11.0 Å². The number of fused-ring (bicyclic) bond motifs is 1. The molecule has 1 fully saturated rings. The monoisotopic (exact) mass is 1420 g/mol. The smallest absolute Gasteiger partial charge is 0.390 e. The molecular formula is C67H111F3N14O14S. The van der Waals surface area contributed by atoms with Gasteiger partial charge in [-0.1, -0.05) is 96.9 Å². The quantitative estimate of drug-likeness (QED) is 0.119. The molecule has 11 amide bonds. The predicted molar refractivity (Wildman–Crippen MR) is 367 cm³/mol. The van der Waals surface area contributed by atoms with Crippen LogP contribution in [0.2, 0.25) is 0 Å². The number of hydrogen-bond donors (Lipinski definition) is 7. The summed E-state index contributed by atoms with van der Waals surface area (Å²) in [7, 11) is 3.61. The van der Waals surface area contributed by atoms with Crippen molar-refractivity contribution >= 4 is 91.7 Å². The number of nitrogens with zero attached hydrogens (tertiary/aromatic N) is 8. The minimum Gasteiger partial charge on any atom is -0.390 e. The van der Waals surface area contributed by atoms with Gasteiger partial charge in [0.1, 0.15) is 66.2 Å². The maximum absolute atomic E-state index is 15.5. The number of aromatic amines is 1. The van der Waals surface area contributed by atoms with Crippen LogP contribution in [0.15, 0.2) is 18.2 Å². The Morgan fingerprint density at radius 3 is 1.48 bits per heavy atom. The van der Waals surface area contributed by atoms with Crippen LogP contribution < -0.4 is 26.0 Å². The van der Waals surface area contributed by atoms with Gasteiger partial charge in [0.25, 0.3) is 0 Å². The average molecular weight is 1430 g/mol. The Hall–Kier alpha value is -7.64. The molecular weight excluding hydrogens is 1310 g/mol. The molecule has 1 aliphatic rings. The summed E-state index contributed by atoms with van der Waals surface area (Å²) in [6.07, 6.45) is -1.84. The number of aliphatic hydroxyl groups excluding tert-OH is 1. The van der Waals surface area contributed by atoms with Gasteiger partial charge in [-0.05, 0) is 106 Å². The Morgan fingerprint density at radius 1 is 0.545 bits per heavy atom. The van der Waals surface area contributed by atoms with Gasteiger partial charge in [-0.3, -0.25) is 57.5 Å². The summed E-state index contributed by atoms with van der Waals surface area (Å²) < 4.78 is 65.3. The van der Waals surface area contributed by atoms with Gasteiger partial charge in [-0.25, -0.2) is 4.98 Å². The summed E-state index contributed by atoms with van der Waals surface area (Å²) in [6.45, 7) is 26.4. The second-order valence-electron chi connectivity index (χ2n) is 29.0. The standard InChI is InChI=1S/C67H111F3N14O14S/c1-24-44-62(92)78(17)33-52(85)79(18)47(27-34(2)3)59(89)76-53(38(10)11)65(95)80(19)48(28-35(4)5)58(88)71-41(15)57(87)72-42(16)61(91)81(20)49(29-36(6)7)63(93)82(21)50(30-37(8)9)64(94)83(22)54(39(12)13)66(96)84(23)55(60(90)75-44)56(86)40(14)31-51-73-45-26-25-43(32-46(45)74-51)77-99(97,98)67(68,69)70/h25-26,32,34-42,44,47-50,53-56,77,86H,24,27-31,33H2,1-23H3,(H,71,88)(H,72,87)(H,73,74)(H,75,90)(H,76,89). The molecule has 2 aromatic rings. The third-order valence-electron chi connectivity index (χ3n) is 17.9. The second kappa shape index (κ2) is 36.1. The number of carbonyl (C=O) groups is 11. The molecule has 28 nitrogen and oxygen atoms in total. The number of aromatic nitrogens is 2. The number of benzene rings is 1. The maximum Gasteiger partial charge on any atom is 0.516 e. The molecule has 0 radical (unpaired) electrons. The summed E-state index contributed by atoms with van der Waals surface area (Å²) in [4.78, 5) is 177. The highest BCUT2D eigenvalue weighted by molar-refractivity contribution is 7.93. The first-order valence-corrected chi connectivity index (χ1v) is 35.3. The molecule has 1 saturated heterocycles. The van der Waals surface area contributed by atoms with E-state index in [2.05, 4.69) is 31.2 Å². The van der Waals surface area contributed by atoms with Crippen molar-refractivity contribution in [2.45, 2.75) is 221 Å². The number of amides is 11. The van der Waals surface area contributed by atoms with Crippen LogP contribution in [0, 0.1) is 41.4 Å². The molecule has 0 aliphatic carbocycles. The van der Waals surface area contributed by atoms with E-state index in [0.29, 0.717) is 0 Å². The zero-order chi connectivity index (χ0) is 76.1. The zero-order valence-electron chi connectivity index (χ0n) is 61.9. The number of likely N-dealkylation sites (N-methyl/N-ethyl adjacent to an activating group) is 7. The Morgan fingerprint density at radius 2 is 1.00 bits per heavy atom. The van der Waals surface area contributed by atoms with Gasteiger partial charge < -0.3 is 65.7 Å². The second-order valence-corrected chi connectivity index (χ2v) is 30.6. The van der Waals surface area contributed by atoms with E-state index < -0.39 is 177 Å². The zero-order valence-corrected chi connectivity index (χ0v) is 62.8. The van der Waals surface area contributed by atoms with E-state index in [4.69, 9.17) is 0 Å². The molecule has 560 valence electrons. The molecule has 1 aromatic heterocycles. The predicted octanol–water partition coefficient (Wildman–Crippen LogP) is 3.68. The van der Waals surface area contributed by atoms with Crippen LogP contribution in [0.4, 0.5) is 18.9 Å². The highest BCUT2D eigenvalue weighted by Crippen LogP contribution is 2.29. The van der Waals surface area contributed by atoms with Crippen LogP contribution in [-0.4, -0.2) is 251 Å². The number of anilines is 1. The Kier molecular flexibility index (Phi) is 31.2. The van der Waals surface area contributed by atoms with E-state index in [-0.39, 0.29) is 79.1 Å². The summed E-state index contributed by atoms with van der Waals surface area (Å²) in [6, 6.07) is -10.1. The van der Waals surface area contributed by atoms with Crippen LogP contribution in [-0.2, 0) is 69.2 Å². The van der Waals surface area contributed by atoms with Crippen LogP contribution in [0.1, 0.15) is 149 Å². The van der Waals surface area contributed by atoms with E-state index in [1.54, 1.807) is 34.6 Å². The number of alkyl halides is 3. The fourth-order valence-electron chi connectivity index (χ4n) is 12.1. The van der Waals surface area contributed by atoms with E-state index in [9.17, 15) is 60.3 Å². The molecule has 99 heavy (non-hydrogen) atoms. The lowest BCUT2D eigenvalue weighted by Gasteiger charge is -2.41. The Bertz CT molecular complexity index is 3310. The average Bonchev–Trinajstić information content (AvgIpc) is 1.76. The Labute approximate surface area is 581 Å². The molecule has 12 unspecified atom stereocenters. The molecule has 3 rings (SSSR count). The lowest BCUT2D eigenvalue weighted by molar-refractivity contribution is -0.157. The van der Waals surface area contributed by atoms with Crippen molar-refractivity contribution in [3.05, 3.63) is 24.0 Å². The summed E-state index contributed by atoms with van der Waals surface area (Å²) in [5, 5.41) is 23.4. The van der Waals surface area contributed by atoms with Crippen LogP contribution >= 0.6 is 0 Å². The number of rotatable bonds is 17. The van der Waals surface area contributed by atoms with Gasteiger partial charge >= 0.3 is 15.5 Å². The van der Waals surface area contributed by atoms with Crippen molar-refractivity contribution in [2.75, 3.05) is 60.6 Å². The molecule has 0 bridgehead atoms. The normalized spacial score (nSPS) is 25.1. The minimum atomic E-state index is -5.81. The fraction of sp³-hybridized carbons (Fsp3) is 0.731. The van der Waals surface area contributed by atoms with E-state index in [1.165, 1.54) is 95.6 Å². The van der Waals surface area contributed by atoms with Gasteiger partial charge in [0.2, 0.25) is 65.0 Å². The first kappa shape index (κ1) is 85.6. The van der Waals surface area contributed by atoms with Gasteiger partial charge in [-0.2, -0.15) is 21.6 Å². The number of imidazole rings is 1. The van der Waals surface area contributed by atoms with Gasteiger partial charge in [0, 0.05) is 55.8 Å². The molecule has 1 aliphatic heterocycles. The number of carbonyl (C=O) groups excluding carboxylic acids is 11. The number of sulfonamides is 1. The van der Waals surface area contributed by atoms with E-state index in [0.717, 1.165) is 31.7 Å². The summed E-state index contributed by atoms with van der Waals surface area (Å²) in [5.74, 6) is -11.6. The molecule has 0 saturated carbocycles. The largest absolute Gasteiger partial charge is 0.516 e. The van der Waals surface area contributed by atoms with Gasteiger partial charge in [-0.15, -0.1) is 0 Å². The number of H-pyrrole nitrogens is 1. The van der Waals surface area contributed by atoms with Crippen molar-refractivity contribution in [2.24, 2.45) is 41.4 Å². The first-order valence-electron chi connectivity index (χ1n) is 33.8. The van der Waals surface area contributed by atoms with Crippen LogP contribution in [0.3, 0.4) is 0 Å². The SMILES string of the molecule is CCC1NC(=O)C(C(O)C(C)Cc2nc3ccc(NS(=O)(=O)C(F)(F)F)cc3[nH]2)N(C)C(=O)C(C(C)C)N(C)C(=O)C(CC(C)C)N(C)C(=O)C(CC(C)C)N(C)C(=O)C(C)NC(=O)C(C)NC(=O)C(CC(C)C)N(C)C(=O)C(C(C)C)NC(=O)C(CC(C)C)N(C)C(=O)CN(C)C1=O. The molecule has 7 N–H and O–H groups in total. The van der Waals surface area contributed by atoms with Crippen molar-refractivity contribution in [1.29, 1.82) is 0 Å². The number of hydrogen-bond acceptors (Lipinski definition) is 15. The van der Waals surface area contributed by atoms with Crippen molar-refractivity contribution in [1.82, 2.24) is 65.5 Å². The number of halogens is 3. The molecule has 0 spiro atoms. The van der Waals surface area contributed by atoms with E-state index in [1.807, 2.05) is 55.4 Å².